The van der Waals surface area contributed by atoms with E-state index in [9.17, 15) is 69.3 Å². The molecule has 0 spiro atoms. The molecule has 0 atom stereocenters. The summed E-state index contributed by atoms with van der Waals surface area (Å²) in [6, 6.07) is 0. The predicted molar refractivity (Wildman–Crippen MR) is 150 cm³/mol. The zero-order chi connectivity index (χ0) is 36.1. The fraction of sp³-hybridized carbons (Fsp3) is 0.250. The average molecular weight is 829 g/mol. The van der Waals surface area contributed by atoms with Crippen molar-refractivity contribution in [3.63, 3.8) is 0 Å². The summed E-state index contributed by atoms with van der Waals surface area (Å²) in [4.78, 5) is 66.4. The van der Waals surface area contributed by atoms with Gasteiger partial charge in [-0.05, 0) is 87.5 Å². The second kappa shape index (κ2) is 39.1. The first-order chi connectivity index (χ1) is 18.5. The molecule has 14 nitrogen and oxygen atoms in total. The van der Waals surface area contributed by atoms with Crippen LogP contribution >= 0.6 is 0 Å². The molecule has 0 N–H and O–H groups in total. The number of rotatable bonds is 7. The van der Waals surface area contributed by atoms with Crippen molar-refractivity contribution in [3.8, 4) is 0 Å². The van der Waals surface area contributed by atoms with E-state index in [-0.39, 0.29) is 88.8 Å². The van der Waals surface area contributed by atoms with E-state index in [1.165, 1.54) is 48.5 Å². The first-order valence-electron chi connectivity index (χ1n) is 10.6. The van der Waals surface area contributed by atoms with Crippen LogP contribution in [0.2, 0.25) is 0 Å². The Bertz CT molecular complexity index is 750. The molecule has 0 aliphatic rings. The van der Waals surface area contributed by atoms with Gasteiger partial charge >= 0.3 is 49.8 Å². The summed E-state index contributed by atoms with van der Waals surface area (Å²) in [5.41, 5.74) is 0.454. The maximum absolute atomic E-state index is 9.49. The van der Waals surface area contributed by atoms with Crippen molar-refractivity contribution in [1.82, 2.24) is 0 Å². The summed E-state index contributed by atoms with van der Waals surface area (Å²) in [6.07, 6.45) is 0. The molecule has 0 radical (unpaired) electrons. The normalized spacial score (nSPS) is 7.16. The van der Waals surface area contributed by atoms with Crippen LogP contribution < -0.4 is 35.7 Å². The third-order valence-electron chi connectivity index (χ3n) is 2.44. The molecule has 0 bridgehead atoms. The van der Waals surface area contributed by atoms with E-state index in [0.717, 1.165) is 0 Å². The summed E-state index contributed by atoms with van der Waals surface area (Å²) in [5.74, 6) is -8.30. The summed E-state index contributed by atoms with van der Waals surface area (Å²) in [5, 5.41) is 66.4. The largest absolute Gasteiger partial charge is 4.00 e. The first kappa shape index (κ1) is 63.4. The zero-order valence-corrected chi connectivity index (χ0v) is 31.9. The summed E-state index contributed by atoms with van der Waals surface area (Å²) < 4.78 is 0. The summed E-state index contributed by atoms with van der Waals surface area (Å²) in [6.45, 7) is 31.3. The molecule has 0 fully saturated rings. The van der Waals surface area contributed by atoms with Crippen LogP contribution in [0.3, 0.4) is 0 Å². The number of aliphatic carboxylic acids is 7. The monoisotopic (exact) mass is 830 g/mol. The van der Waals surface area contributed by atoms with Gasteiger partial charge in [-0.3, -0.25) is 0 Å². The number of carbonyl (C=O) groups is 7. The second-order valence-corrected chi connectivity index (χ2v) is 7.47. The van der Waals surface area contributed by atoms with Crippen LogP contribution in [0.5, 0.6) is 0 Å². The van der Waals surface area contributed by atoms with E-state index in [1.807, 2.05) is 0 Å². The average Bonchev–Trinajstić information content (AvgIpc) is 2.80. The third-order valence-corrected chi connectivity index (χ3v) is 2.44. The van der Waals surface area contributed by atoms with Crippen LogP contribution in [0.1, 0.15) is 48.5 Å². The topological polar surface area (TPSA) is 281 Å². The number of carboxylic acid groups (broad SMARTS) is 7. The maximum Gasteiger partial charge on any atom is 4.00 e. The molecule has 0 saturated heterocycles. The Morgan fingerprint density at radius 3 is 0.318 bits per heavy atom. The van der Waals surface area contributed by atoms with Gasteiger partial charge in [-0.25, -0.2) is 0 Å². The van der Waals surface area contributed by atoms with Gasteiger partial charge in [0.1, 0.15) is 0 Å². The van der Waals surface area contributed by atoms with Crippen molar-refractivity contribution in [2.75, 3.05) is 0 Å². The Kier molecular flexibility index (Phi) is 56.4. The number of carboxylic acids is 7. The summed E-state index contributed by atoms with van der Waals surface area (Å²) >= 11 is 0. The molecule has 0 aliphatic carbocycles. The smallest absolute Gasteiger partial charge is 0.545 e. The van der Waals surface area contributed by atoms with Crippen molar-refractivity contribution < 1.29 is 69.3 Å². The van der Waals surface area contributed by atoms with Crippen LogP contribution in [0.4, 0.5) is 0 Å². The van der Waals surface area contributed by atoms with E-state index in [4.69, 9.17) is 0 Å². The van der Waals surface area contributed by atoms with E-state index < -0.39 is 41.8 Å². The van der Waals surface area contributed by atoms with E-state index in [2.05, 4.69) is 46.1 Å². The first-order valence-corrected chi connectivity index (χ1v) is 10.6. The van der Waals surface area contributed by atoms with Crippen LogP contribution in [0.15, 0.2) is 85.1 Å². The quantitative estimate of drug-likeness (QED) is 0.171. The number of hydrogen-bond acceptors (Lipinski definition) is 14. The van der Waals surface area contributed by atoms with Gasteiger partial charge in [-0.1, -0.05) is 46.1 Å². The van der Waals surface area contributed by atoms with Gasteiger partial charge in [0.05, 0.1) is 41.8 Å². The molecule has 0 saturated carbocycles. The van der Waals surface area contributed by atoms with Crippen molar-refractivity contribution in [3.05, 3.63) is 85.1 Å². The molecule has 44 heavy (non-hydrogen) atoms. The van der Waals surface area contributed by atoms with Gasteiger partial charge in [0.15, 0.2) is 0 Å². The van der Waals surface area contributed by atoms with Crippen LogP contribution in [-0.4, -0.2) is 91.5 Å². The van der Waals surface area contributed by atoms with Crippen LogP contribution in [0.25, 0.3) is 0 Å². The standard InChI is InChI=1S/7C4H6O2.In.Sn/c7*1-3(2)4(5)6;;/h7*1H2,2H3,(H,5,6);;/q;;;;;;;+3;+4/p-7. The third kappa shape index (κ3) is 90.3. The van der Waals surface area contributed by atoms with Gasteiger partial charge in [0, 0.05) is 0 Å². The fourth-order valence-electron chi connectivity index (χ4n) is 0. The Hall–Kier alpha value is -3.86. The fourth-order valence-corrected chi connectivity index (χ4v) is 0. The maximum atomic E-state index is 9.49. The summed E-state index contributed by atoms with van der Waals surface area (Å²) in [7, 11) is 0. The Balaban J connectivity index is -0.0000000461. The predicted octanol–water partition coefficient (Wildman–Crippen LogP) is -5.57. The van der Waals surface area contributed by atoms with E-state index in [1.54, 1.807) is 0 Å². The van der Waals surface area contributed by atoms with Gasteiger partial charge < -0.3 is 69.3 Å². The van der Waals surface area contributed by atoms with Gasteiger partial charge in [-0.2, -0.15) is 0 Å². The zero-order valence-electron chi connectivity index (χ0n) is 25.7. The molecule has 0 amide bonds. The minimum absolute atomic E-state index is 0. The molecule has 0 aromatic heterocycles. The molecule has 238 valence electrons. The van der Waals surface area contributed by atoms with Gasteiger partial charge in [-0.15, -0.1) is 0 Å². The Labute approximate surface area is 292 Å². The van der Waals surface area contributed by atoms with E-state index >= 15 is 0 Å². The molecule has 16 heteroatoms. The molecule has 0 rings (SSSR count). The Morgan fingerprint density at radius 1 is 0.295 bits per heavy atom. The number of carbonyl (C=O) groups excluding carboxylic acids is 7. The van der Waals surface area contributed by atoms with Crippen LogP contribution in [0, 0.1) is 0 Å². The molecule has 0 unspecified atom stereocenters. The molecular weight excluding hydrogens is 794 g/mol. The molecule has 0 aliphatic heterocycles. The molecule has 0 aromatic rings. The van der Waals surface area contributed by atoms with Crippen LogP contribution in [-0.2, 0) is 33.6 Å². The van der Waals surface area contributed by atoms with Crippen molar-refractivity contribution in [2.24, 2.45) is 0 Å². The van der Waals surface area contributed by atoms with Crippen molar-refractivity contribution >= 4 is 91.5 Å². The van der Waals surface area contributed by atoms with Crippen molar-refractivity contribution in [2.45, 2.75) is 48.5 Å². The van der Waals surface area contributed by atoms with E-state index in [0.29, 0.717) is 0 Å². The Morgan fingerprint density at radius 2 is 0.318 bits per heavy atom. The SMILES string of the molecule is C=C(C)C(=O)[O-].C=C(C)C(=O)[O-].C=C(C)C(=O)[O-].C=C(C)C(=O)[O-].C=C(C)C(=O)[O-].C=C(C)C(=O)[O-].C=C(C)C(=O)[O-].[In+3].[Sn+4]. The molecular formula is C28H35InO14Sn. The van der Waals surface area contributed by atoms with Gasteiger partial charge in [0.2, 0.25) is 0 Å². The minimum atomic E-state index is -1.19. The van der Waals surface area contributed by atoms with Gasteiger partial charge in [0.25, 0.3) is 0 Å². The molecule has 0 aromatic carbocycles. The molecule has 0 heterocycles. The van der Waals surface area contributed by atoms with Crippen molar-refractivity contribution in [1.29, 1.82) is 0 Å². The second-order valence-electron chi connectivity index (χ2n) is 7.47. The number of hydrogen-bond donors (Lipinski definition) is 0. The minimum Gasteiger partial charge on any atom is -0.545 e.